The molecule has 0 aromatic carbocycles. The van der Waals surface area contributed by atoms with Gasteiger partial charge in [0.2, 0.25) is 0 Å². The highest BCUT2D eigenvalue weighted by Gasteiger charge is 2.33. The van der Waals surface area contributed by atoms with E-state index in [0.717, 1.165) is 0 Å². The second-order valence-corrected chi connectivity index (χ2v) is 2.37. The van der Waals surface area contributed by atoms with Crippen LogP contribution in [0.3, 0.4) is 0 Å². The van der Waals surface area contributed by atoms with Crippen LogP contribution in [0.2, 0.25) is 0 Å². The predicted molar refractivity (Wildman–Crippen MR) is 37.1 cm³/mol. The molecule has 2 rings (SSSR count). The van der Waals surface area contributed by atoms with Crippen molar-refractivity contribution in [1.29, 1.82) is 0 Å². The van der Waals surface area contributed by atoms with Crippen molar-refractivity contribution in [1.82, 2.24) is 10.2 Å². The first-order chi connectivity index (χ1) is 5.29. The standard InChI is InChI=1S/C6H7N3O2/c7-6-3(1-8-9-6)5(10)4-2-11-4/h1,4H,2H2,(H3,7,8,9). The topological polar surface area (TPSA) is 84.3 Å². The number of ketones is 1. The molecule has 1 aliphatic heterocycles. The van der Waals surface area contributed by atoms with E-state index in [9.17, 15) is 4.79 Å². The summed E-state index contributed by atoms with van der Waals surface area (Å²) >= 11 is 0. The molecule has 3 N–H and O–H groups in total. The first-order valence-corrected chi connectivity index (χ1v) is 3.24. The van der Waals surface area contributed by atoms with Gasteiger partial charge in [0.05, 0.1) is 12.2 Å². The van der Waals surface area contributed by atoms with E-state index in [2.05, 4.69) is 10.2 Å². The monoisotopic (exact) mass is 153 g/mol. The van der Waals surface area contributed by atoms with Gasteiger partial charge in [0.15, 0.2) is 11.6 Å². The van der Waals surface area contributed by atoms with Gasteiger partial charge in [-0.3, -0.25) is 9.89 Å². The average molecular weight is 153 g/mol. The second-order valence-electron chi connectivity index (χ2n) is 2.37. The maximum atomic E-state index is 11.2. The number of hydrogen-bond acceptors (Lipinski definition) is 4. The number of H-pyrrole nitrogens is 1. The van der Waals surface area contributed by atoms with Crippen LogP contribution in [-0.4, -0.2) is 28.7 Å². The molecule has 1 unspecified atom stereocenters. The number of nitrogens with zero attached hydrogens (tertiary/aromatic N) is 1. The smallest absolute Gasteiger partial charge is 0.199 e. The zero-order valence-corrected chi connectivity index (χ0v) is 5.70. The van der Waals surface area contributed by atoms with Crippen molar-refractivity contribution in [2.75, 3.05) is 12.3 Å². The fourth-order valence-electron chi connectivity index (χ4n) is 0.871. The fourth-order valence-corrected chi connectivity index (χ4v) is 0.871. The van der Waals surface area contributed by atoms with E-state index in [-0.39, 0.29) is 17.7 Å². The number of hydrogen-bond donors (Lipinski definition) is 2. The minimum Gasteiger partial charge on any atom is -0.382 e. The first-order valence-electron chi connectivity index (χ1n) is 3.24. The Morgan fingerprint density at radius 2 is 2.64 bits per heavy atom. The molecular formula is C6H7N3O2. The molecule has 1 aliphatic rings. The molecule has 1 fully saturated rings. The molecule has 1 saturated heterocycles. The third kappa shape index (κ3) is 0.988. The van der Waals surface area contributed by atoms with Crippen molar-refractivity contribution in [2.45, 2.75) is 6.10 Å². The maximum absolute atomic E-state index is 11.2. The van der Waals surface area contributed by atoms with Crippen molar-refractivity contribution in [3.8, 4) is 0 Å². The number of aromatic nitrogens is 2. The predicted octanol–water partition coefficient (Wildman–Crippen LogP) is -0.427. The molecule has 0 saturated carbocycles. The van der Waals surface area contributed by atoms with Crippen molar-refractivity contribution in [3.05, 3.63) is 11.8 Å². The van der Waals surface area contributed by atoms with Crippen LogP contribution in [0.5, 0.6) is 0 Å². The van der Waals surface area contributed by atoms with Gasteiger partial charge in [0, 0.05) is 6.20 Å². The molecule has 1 aromatic rings. The number of carbonyl (C=O) groups excluding carboxylic acids is 1. The highest BCUT2D eigenvalue weighted by atomic mass is 16.6. The first kappa shape index (κ1) is 6.36. The van der Waals surface area contributed by atoms with Gasteiger partial charge in [-0.1, -0.05) is 0 Å². The van der Waals surface area contributed by atoms with Crippen molar-refractivity contribution < 1.29 is 9.53 Å². The normalized spacial score (nSPS) is 21.6. The minimum atomic E-state index is -0.283. The number of rotatable bonds is 2. The maximum Gasteiger partial charge on any atom is 0.199 e. The van der Waals surface area contributed by atoms with Crippen LogP contribution >= 0.6 is 0 Å². The molecule has 5 nitrogen and oxygen atoms in total. The summed E-state index contributed by atoms with van der Waals surface area (Å²) in [4.78, 5) is 11.2. The SMILES string of the molecule is Nc1n[nH]cc1C(=O)C1CO1. The number of nitrogens with one attached hydrogen (secondary N) is 1. The summed E-state index contributed by atoms with van der Waals surface area (Å²) in [5.74, 6) is 0.154. The lowest BCUT2D eigenvalue weighted by atomic mass is 10.2. The molecule has 11 heavy (non-hydrogen) atoms. The fraction of sp³-hybridized carbons (Fsp3) is 0.333. The van der Waals surface area contributed by atoms with Crippen LogP contribution in [0.15, 0.2) is 6.20 Å². The van der Waals surface area contributed by atoms with Crippen LogP contribution in [0.1, 0.15) is 10.4 Å². The Morgan fingerprint density at radius 3 is 3.09 bits per heavy atom. The lowest BCUT2D eigenvalue weighted by Gasteiger charge is -1.90. The molecule has 0 aliphatic carbocycles. The molecule has 58 valence electrons. The summed E-state index contributed by atoms with van der Waals surface area (Å²) in [5.41, 5.74) is 5.81. The molecule has 0 spiro atoms. The van der Waals surface area contributed by atoms with E-state index in [0.29, 0.717) is 12.2 Å². The number of ether oxygens (including phenoxy) is 1. The summed E-state index contributed by atoms with van der Waals surface area (Å²) in [6.45, 7) is 0.503. The van der Waals surface area contributed by atoms with Gasteiger partial charge < -0.3 is 10.5 Å². The highest BCUT2D eigenvalue weighted by molar-refractivity contribution is 6.04. The molecule has 1 atom stereocenters. The summed E-state index contributed by atoms with van der Waals surface area (Å²) < 4.78 is 4.80. The average Bonchev–Trinajstić information content (AvgIpc) is 2.74. The molecular weight excluding hydrogens is 146 g/mol. The third-order valence-corrected chi connectivity index (χ3v) is 1.56. The van der Waals surface area contributed by atoms with E-state index >= 15 is 0 Å². The quantitative estimate of drug-likeness (QED) is 0.446. The van der Waals surface area contributed by atoms with E-state index in [1.54, 1.807) is 0 Å². The zero-order valence-electron chi connectivity index (χ0n) is 5.70. The minimum absolute atomic E-state index is 0.0868. The Hall–Kier alpha value is -1.36. The molecule has 0 radical (unpaired) electrons. The van der Waals surface area contributed by atoms with E-state index in [4.69, 9.17) is 10.5 Å². The Balaban J connectivity index is 2.27. The van der Waals surface area contributed by atoms with E-state index < -0.39 is 0 Å². The van der Waals surface area contributed by atoms with Crippen LogP contribution < -0.4 is 5.73 Å². The highest BCUT2D eigenvalue weighted by Crippen LogP contribution is 2.18. The molecule has 5 heteroatoms. The van der Waals surface area contributed by atoms with Gasteiger partial charge in [-0.25, -0.2) is 0 Å². The molecule has 2 heterocycles. The lowest BCUT2D eigenvalue weighted by molar-refractivity contribution is 0.0954. The van der Waals surface area contributed by atoms with Gasteiger partial charge in [-0.05, 0) is 0 Å². The van der Waals surface area contributed by atoms with Gasteiger partial charge in [-0.15, -0.1) is 0 Å². The Kier molecular flexibility index (Phi) is 1.19. The zero-order chi connectivity index (χ0) is 7.84. The van der Waals surface area contributed by atoms with E-state index in [1.165, 1.54) is 6.20 Å². The van der Waals surface area contributed by atoms with Crippen LogP contribution in [0, 0.1) is 0 Å². The Bertz CT molecular complexity index is 290. The van der Waals surface area contributed by atoms with Crippen LogP contribution in [-0.2, 0) is 4.74 Å². The van der Waals surface area contributed by atoms with Crippen LogP contribution in [0.25, 0.3) is 0 Å². The summed E-state index contributed by atoms with van der Waals surface area (Å²) in [7, 11) is 0. The van der Waals surface area contributed by atoms with Gasteiger partial charge in [-0.2, -0.15) is 5.10 Å². The number of aromatic amines is 1. The molecule has 0 amide bonds. The van der Waals surface area contributed by atoms with Gasteiger partial charge >= 0.3 is 0 Å². The summed E-state index contributed by atoms with van der Waals surface area (Å²) in [5, 5.41) is 6.13. The van der Waals surface area contributed by atoms with Gasteiger partial charge in [0.1, 0.15) is 6.10 Å². The number of carbonyl (C=O) groups is 1. The molecule has 1 aromatic heterocycles. The third-order valence-electron chi connectivity index (χ3n) is 1.56. The summed E-state index contributed by atoms with van der Waals surface area (Å²) in [6.07, 6.45) is 1.20. The number of epoxide rings is 1. The van der Waals surface area contributed by atoms with Crippen LogP contribution in [0.4, 0.5) is 5.82 Å². The van der Waals surface area contributed by atoms with E-state index in [1.807, 2.05) is 0 Å². The van der Waals surface area contributed by atoms with Crippen molar-refractivity contribution in [3.63, 3.8) is 0 Å². The Morgan fingerprint density at radius 1 is 1.91 bits per heavy atom. The Labute approximate surface area is 62.5 Å². The molecule has 0 bridgehead atoms. The summed E-state index contributed by atoms with van der Waals surface area (Å²) in [6, 6.07) is 0. The van der Waals surface area contributed by atoms with Crippen molar-refractivity contribution >= 4 is 11.6 Å². The number of Topliss-reactive ketones (excluding diaryl/α,β-unsaturated/α-hetero) is 1. The van der Waals surface area contributed by atoms with Crippen molar-refractivity contribution in [2.24, 2.45) is 0 Å². The largest absolute Gasteiger partial charge is 0.382 e. The number of nitrogens with two attached hydrogens (primary N) is 1. The number of nitrogen functional groups attached to an aromatic ring is 1. The van der Waals surface area contributed by atoms with Gasteiger partial charge in [0.25, 0.3) is 0 Å². The number of anilines is 1. The second kappa shape index (κ2) is 2.06. The lowest BCUT2D eigenvalue weighted by Crippen LogP contribution is -2.08.